The Balaban J connectivity index is 1.87. The Labute approximate surface area is 135 Å². The van der Waals surface area contributed by atoms with Crippen molar-refractivity contribution < 1.29 is 9.53 Å². The molecule has 1 amide bonds. The molecule has 2 rings (SSSR count). The number of aromatic amines is 1. The van der Waals surface area contributed by atoms with Crippen LogP contribution in [0.1, 0.15) is 37.9 Å². The topological polar surface area (TPSA) is 105 Å². The van der Waals surface area contributed by atoms with Crippen molar-refractivity contribution in [3.05, 3.63) is 35.5 Å². The monoisotopic (exact) mass is 318 g/mol. The Morgan fingerprint density at radius 2 is 2.13 bits per heavy atom. The molecule has 0 spiro atoms. The first-order valence-electron chi connectivity index (χ1n) is 7.35. The van der Waals surface area contributed by atoms with E-state index in [2.05, 4.69) is 30.8 Å². The second-order valence-corrected chi connectivity index (χ2v) is 6.10. The molecular formula is C15H22N6O2. The fourth-order valence-electron chi connectivity index (χ4n) is 1.89. The van der Waals surface area contributed by atoms with Crippen LogP contribution in [0.2, 0.25) is 0 Å². The average Bonchev–Trinajstić information content (AvgIpc) is 2.84. The van der Waals surface area contributed by atoms with Crippen molar-refractivity contribution in [3.63, 3.8) is 0 Å². The molecule has 0 radical (unpaired) electrons. The normalized spacial score (nSPS) is 11.3. The molecule has 0 aliphatic carbocycles. The average molecular weight is 318 g/mol. The summed E-state index contributed by atoms with van der Waals surface area (Å²) in [4.78, 5) is 20.2. The zero-order valence-electron chi connectivity index (χ0n) is 13.8. The molecule has 2 heterocycles. The number of aryl methyl sites for hydroxylation is 1. The lowest BCUT2D eigenvalue weighted by Gasteiger charge is -2.19. The number of nitrogens with zero attached hydrogens (tertiary/aromatic N) is 3. The van der Waals surface area contributed by atoms with Gasteiger partial charge in [0.05, 0.1) is 11.9 Å². The van der Waals surface area contributed by atoms with Crippen LogP contribution in [0.3, 0.4) is 0 Å². The zero-order valence-corrected chi connectivity index (χ0v) is 13.8. The van der Waals surface area contributed by atoms with Gasteiger partial charge in [-0.3, -0.25) is 10.4 Å². The first-order valence-corrected chi connectivity index (χ1v) is 7.35. The van der Waals surface area contributed by atoms with E-state index < -0.39 is 11.7 Å². The zero-order chi connectivity index (χ0) is 16.9. The number of H-pyrrole nitrogens is 1. The highest BCUT2D eigenvalue weighted by Crippen LogP contribution is 2.13. The van der Waals surface area contributed by atoms with E-state index in [0.717, 1.165) is 17.1 Å². The molecule has 0 saturated carbocycles. The molecule has 0 fully saturated rings. The number of rotatable bonds is 5. The molecule has 0 aromatic carbocycles. The minimum Gasteiger partial charge on any atom is -0.444 e. The fourth-order valence-corrected chi connectivity index (χ4v) is 1.89. The van der Waals surface area contributed by atoms with Gasteiger partial charge in [-0.25, -0.2) is 14.8 Å². The quantitative estimate of drug-likeness (QED) is 0.780. The number of hydrogen-bond acceptors (Lipinski definition) is 6. The van der Waals surface area contributed by atoms with Crippen LogP contribution in [0.15, 0.2) is 18.5 Å². The van der Waals surface area contributed by atoms with Gasteiger partial charge in [-0.2, -0.15) is 5.10 Å². The molecule has 23 heavy (non-hydrogen) atoms. The molecule has 0 unspecified atom stereocenters. The molecule has 2 aromatic rings. The van der Waals surface area contributed by atoms with E-state index in [1.54, 1.807) is 12.4 Å². The van der Waals surface area contributed by atoms with Crippen LogP contribution in [-0.2, 0) is 17.8 Å². The summed E-state index contributed by atoms with van der Waals surface area (Å²) in [5.41, 5.74) is 1.19. The van der Waals surface area contributed by atoms with Gasteiger partial charge in [0.2, 0.25) is 0 Å². The number of ether oxygens (including phenoxy) is 1. The van der Waals surface area contributed by atoms with Gasteiger partial charge in [0.25, 0.3) is 0 Å². The molecule has 0 saturated heterocycles. The van der Waals surface area contributed by atoms with Crippen molar-refractivity contribution >= 4 is 11.9 Å². The van der Waals surface area contributed by atoms with Crippen molar-refractivity contribution in [1.82, 2.24) is 25.5 Å². The van der Waals surface area contributed by atoms with Gasteiger partial charge in [-0.15, -0.1) is 0 Å². The van der Waals surface area contributed by atoms with Crippen molar-refractivity contribution in [2.45, 2.75) is 46.4 Å². The van der Waals surface area contributed by atoms with E-state index >= 15 is 0 Å². The summed E-state index contributed by atoms with van der Waals surface area (Å²) >= 11 is 0. The molecule has 0 aliphatic rings. The molecule has 0 aliphatic heterocycles. The number of amides is 1. The summed E-state index contributed by atoms with van der Waals surface area (Å²) in [6.45, 7) is 8.41. The van der Waals surface area contributed by atoms with Crippen LogP contribution in [0.25, 0.3) is 0 Å². The SMILES string of the molecule is Cc1nccc(CNCc2cn[nH]c2NC(=O)OC(C)(C)C)n1. The minimum atomic E-state index is -0.548. The maximum Gasteiger partial charge on any atom is 0.413 e. The Hall–Kier alpha value is -2.48. The van der Waals surface area contributed by atoms with Gasteiger partial charge in [0.15, 0.2) is 0 Å². The third-order valence-electron chi connectivity index (χ3n) is 2.80. The Morgan fingerprint density at radius 1 is 1.35 bits per heavy atom. The second kappa shape index (κ2) is 7.19. The summed E-state index contributed by atoms with van der Waals surface area (Å²) < 4.78 is 5.22. The van der Waals surface area contributed by atoms with E-state index in [9.17, 15) is 4.79 Å². The molecule has 2 aromatic heterocycles. The van der Waals surface area contributed by atoms with Gasteiger partial charge in [0, 0.05) is 24.8 Å². The maximum atomic E-state index is 11.8. The molecule has 8 heteroatoms. The molecule has 0 atom stereocenters. The predicted octanol–water partition coefficient (Wildman–Crippen LogP) is 2.14. The van der Waals surface area contributed by atoms with Gasteiger partial charge >= 0.3 is 6.09 Å². The summed E-state index contributed by atoms with van der Waals surface area (Å²) in [7, 11) is 0. The van der Waals surface area contributed by atoms with Crippen LogP contribution in [0.4, 0.5) is 10.6 Å². The number of nitrogens with one attached hydrogen (secondary N) is 3. The van der Waals surface area contributed by atoms with E-state index in [-0.39, 0.29) is 0 Å². The van der Waals surface area contributed by atoms with Crippen LogP contribution >= 0.6 is 0 Å². The standard InChI is InChI=1S/C15H22N6O2/c1-10-17-6-5-12(19-10)9-16-7-11-8-18-21-13(11)20-14(22)23-15(2,3)4/h5-6,8,16H,7,9H2,1-4H3,(H2,18,20,21,22). The minimum absolute atomic E-state index is 0.519. The van der Waals surface area contributed by atoms with Gasteiger partial charge in [-0.1, -0.05) is 0 Å². The molecule has 8 nitrogen and oxygen atoms in total. The first-order chi connectivity index (χ1) is 10.8. The van der Waals surface area contributed by atoms with Crippen molar-refractivity contribution in [3.8, 4) is 0 Å². The Kier molecular flexibility index (Phi) is 5.28. The molecule has 0 bridgehead atoms. The van der Waals surface area contributed by atoms with Crippen LogP contribution in [0.5, 0.6) is 0 Å². The van der Waals surface area contributed by atoms with Crippen LogP contribution in [0, 0.1) is 6.92 Å². The summed E-state index contributed by atoms with van der Waals surface area (Å²) in [6.07, 6.45) is 2.87. The van der Waals surface area contributed by atoms with Gasteiger partial charge in [0.1, 0.15) is 17.2 Å². The van der Waals surface area contributed by atoms with Gasteiger partial charge < -0.3 is 10.1 Å². The first kappa shape index (κ1) is 16.9. The molecule has 124 valence electrons. The number of carbonyl (C=O) groups is 1. The third-order valence-corrected chi connectivity index (χ3v) is 2.80. The Morgan fingerprint density at radius 3 is 2.83 bits per heavy atom. The Bertz CT molecular complexity index is 662. The van der Waals surface area contributed by atoms with E-state index in [4.69, 9.17) is 4.74 Å². The lowest BCUT2D eigenvalue weighted by atomic mass is 10.2. The summed E-state index contributed by atoms with van der Waals surface area (Å²) in [6, 6.07) is 1.86. The number of carbonyl (C=O) groups excluding carboxylic acids is 1. The van der Waals surface area contributed by atoms with Crippen molar-refractivity contribution in [2.24, 2.45) is 0 Å². The summed E-state index contributed by atoms with van der Waals surface area (Å²) in [5.74, 6) is 1.26. The number of hydrogen-bond donors (Lipinski definition) is 3. The largest absolute Gasteiger partial charge is 0.444 e. The highest BCUT2D eigenvalue weighted by Gasteiger charge is 2.17. The maximum absolute atomic E-state index is 11.8. The molecular weight excluding hydrogens is 296 g/mol. The molecule has 3 N–H and O–H groups in total. The third kappa shape index (κ3) is 5.67. The van der Waals surface area contributed by atoms with E-state index in [1.807, 2.05) is 33.8 Å². The smallest absolute Gasteiger partial charge is 0.413 e. The predicted molar refractivity (Wildman–Crippen MR) is 85.8 cm³/mol. The highest BCUT2D eigenvalue weighted by atomic mass is 16.6. The van der Waals surface area contributed by atoms with Crippen LogP contribution in [-0.4, -0.2) is 31.9 Å². The number of aromatic nitrogens is 4. The van der Waals surface area contributed by atoms with Gasteiger partial charge in [-0.05, 0) is 33.8 Å². The van der Waals surface area contributed by atoms with E-state index in [1.165, 1.54) is 0 Å². The summed E-state index contributed by atoms with van der Waals surface area (Å²) in [5, 5.41) is 12.6. The van der Waals surface area contributed by atoms with E-state index in [0.29, 0.717) is 18.9 Å². The van der Waals surface area contributed by atoms with Crippen molar-refractivity contribution in [1.29, 1.82) is 0 Å². The lowest BCUT2D eigenvalue weighted by Crippen LogP contribution is -2.27. The van der Waals surface area contributed by atoms with Crippen molar-refractivity contribution in [2.75, 3.05) is 5.32 Å². The lowest BCUT2D eigenvalue weighted by molar-refractivity contribution is 0.0635. The highest BCUT2D eigenvalue weighted by molar-refractivity contribution is 5.84. The van der Waals surface area contributed by atoms with Crippen LogP contribution < -0.4 is 10.6 Å². The number of anilines is 1. The second-order valence-electron chi connectivity index (χ2n) is 6.10. The fraction of sp³-hybridized carbons (Fsp3) is 0.467.